The van der Waals surface area contributed by atoms with E-state index in [9.17, 15) is 18.8 Å². The zero-order chi connectivity index (χ0) is 17.7. The number of amides is 3. The first-order valence-electron chi connectivity index (χ1n) is 7.97. The molecule has 2 N–H and O–H groups in total. The summed E-state index contributed by atoms with van der Waals surface area (Å²) in [6.45, 7) is 2.24. The maximum atomic E-state index is 12.8. The third-order valence-corrected chi connectivity index (χ3v) is 4.24. The van der Waals surface area contributed by atoms with Crippen molar-refractivity contribution in [1.82, 2.24) is 9.80 Å². The van der Waals surface area contributed by atoms with Crippen LogP contribution in [0.2, 0.25) is 0 Å². The molecule has 7 heteroatoms. The van der Waals surface area contributed by atoms with E-state index < -0.39 is 11.9 Å². The number of nitrogens with two attached hydrogens (primary N) is 1. The Kier molecular flexibility index (Phi) is 5.89. The van der Waals surface area contributed by atoms with Crippen molar-refractivity contribution in [2.24, 2.45) is 5.73 Å². The van der Waals surface area contributed by atoms with E-state index >= 15 is 0 Å². The average molecular weight is 335 g/mol. The quantitative estimate of drug-likeness (QED) is 0.859. The molecule has 0 spiro atoms. The summed E-state index contributed by atoms with van der Waals surface area (Å²) >= 11 is 0. The van der Waals surface area contributed by atoms with Crippen LogP contribution in [-0.4, -0.2) is 53.2 Å². The molecule has 0 bridgehead atoms. The van der Waals surface area contributed by atoms with E-state index in [0.717, 1.165) is 5.56 Å². The molecule has 1 atom stereocenters. The Labute approximate surface area is 140 Å². The Morgan fingerprint density at radius 3 is 2.46 bits per heavy atom. The van der Waals surface area contributed by atoms with Crippen molar-refractivity contribution in [3.05, 3.63) is 35.6 Å². The van der Waals surface area contributed by atoms with Gasteiger partial charge in [0, 0.05) is 26.4 Å². The minimum Gasteiger partial charge on any atom is -0.368 e. The molecule has 1 aromatic rings. The Balaban J connectivity index is 1.85. The van der Waals surface area contributed by atoms with Crippen LogP contribution in [0.15, 0.2) is 24.3 Å². The monoisotopic (exact) mass is 335 g/mol. The first kappa shape index (κ1) is 17.9. The highest BCUT2D eigenvalue weighted by Crippen LogP contribution is 2.13. The molecule has 0 radical (unpaired) electrons. The molecular weight excluding hydrogens is 313 g/mol. The van der Waals surface area contributed by atoms with E-state index in [2.05, 4.69) is 0 Å². The van der Waals surface area contributed by atoms with Crippen molar-refractivity contribution >= 4 is 17.7 Å². The molecule has 0 aliphatic carbocycles. The second-order valence-electron chi connectivity index (χ2n) is 5.95. The summed E-state index contributed by atoms with van der Waals surface area (Å²) in [6.07, 6.45) is 1.65. The summed E-state index contributed by atoms with van der Waals surface area (Å²) in [6, 6.07) is 5.44. The molecule has 6 nitrogen and oxygen atoms in total. The molecule has 24 heavy (non-hydrogen) atoms. The summed E-state index contributed by atoms with van der Waals surface area (Å²) in [4.78, 5) is 38.3. The van der Waals surface area contributed by atoms with Gasteiger partial charge in [-0.15, -0.1) is 0 Å². The third kappa shape index (κ3) is 4.53. The predicted molar refractivity (Wildman–Crippen MR) is 86.3 cm³/mol. The highest BCUT2D eigenvalue weighted by molar-refractivity contribution is 5.87. The molecule has 2 rings (SSSR count). The molecule has 1 aliphatic heterocycles. The fraction of sp³-hybridized carbons (Fsp3) is 0.471. The minimum absolute atomic E-state index is 0.0634. The summed E-state index contributed by atoms with van der Waals surface area (Å²) in [5.41, 5.74) is 6.32. The number of carbonyl (C=O) groups is 3. The molecule has 1 aliphatic rings. The maximum absolute atomic E-state index is 12.8. The van der Waals surface area contributed by atoms with Crippen molar-refractivity contribution in [3.63, 3.8) is 0 Å². The van der Waals surface area contributed by atoms with E-state index in [1.54, 1.807) is 17.0 Å². The summed E-state index contributed by atoms with van der Waals surface area (Å²) in [5, 5.41) is 0. The molecule has 1 fully saturated rings. The molecule has 1 saturated heterocycles. The van der Waals surface area contributed by atoms with Crippen molar-refractivity contribution in [2.75, 3.05) is 19.6 Å². The van der Waals surface area contributed by atoms with Crippen LogP contribution < -0.4 is 5.73 Å². The van der Waals surface area contributed by atoms with Gasteiger partial charge in [-0.05, 0) is 30.5 Å². The van der Waals surface area contributed by atoms with Gasteiger partial charge in [-0.2, -0.15) is 0 Å². The molecule has 1 unspecified atom stereocenters. The lowest BCUT2D eigenvalue weighted by molar-refractivity contribution is -0.146. The number of piperazine rings is 1. The topological polar surface area (TPSA) is 83.7 Å². The van der Waals surface area contributed by atoms with Crippen LogP contribution >= 0.6 is 0 Å². The summed E-state index contributed by atoms with van der Waals surface area (Å²) in [5.74, 6) is -1.17. The molecule has 1 aromatic carbocycles. The van der Waals surface area contributed by atoms with Crippen LogP contribution in [0.25, 0.3) is 0 Å². The molecular formula is C17H22FN3O3. The number of hydrogen-bond donors (Lipinski definition) is 1. The summed E-state index contributed by atoms with van der Waals surface area (Å²) in [7, 11) is 0. The van der Waals surface area contributed by atoms with Crippen molar-refractivity contribution in [3.8, 4) is 0 Å². The van der Waals surface area contributed by atoms with Gasteiger partial charge in [-0.3, -0.25) is 14.4 Å². The third-order valence-electron chi connectivity index (χ3n) is 4.24. The van der Waals surface area contributed by atoms with E-state index in [4.69, 9.17) is 5.73 Å². The van der Waals surface area contributed by atoms with E-state index in [-0.39, 0.29) is 24.2 Å². The number of benzene rings is 1. The van der Waals surface area contributed by atoms with Gasteiger partial charge in [0.2, 0.25) is 17.7 Å². The number of halogens is 1. The lowest BCUT2D eigenvalue weighted by Crippen LogP contribution is -2.60. The van der Waals surface area contributed by atoms with Crippen molar-refractivity contribution in [2.45, 2.75) is 32.2 Å². The van der Waals surface area contributed by atoms with Gasteiger partial charge < -0.3 is 15.5 Å². The van der Waals surface area contributed by atoms with Gasteiger partial charge in [-0.25, -0.2) is 4.39 Å². The maximum Gasteiger partial charge on any atom is 0.242 e. The summed E-state index contributed by atoms with van der Waals surface area (Å²) < 4.78 is 12.8. The zero-order valence-corrected chi connectivity index (χ0v) is 13.7. The van der Waals surface area contributed by atoms with Crippen LogP contribution in [0.5, 0.6) is 0 Å². The fourth-order valence-electron chi connectivity index (χ4n) is 2.88. The molecule has 0 aromatic heterocycles. The van der Waals surface area contributed by atoms with Crippen molar-refractivity contribution in [1.29, 1.82) is 0 Å². The van der Waals surface area contributed by atoms with Crippen LogP contribution in [0.1, 0.15) is 25.3 Å². The minimum atomic E-state index is -0.766. The Morgan fingerprint density at radius 2 is 1.88 bits per heavy atom. The molecule has 130 valence electrons. The van der Waals surface area contributed by atoms with E-state index in [1.165, 1.54) is 24.0 Å². The predicted octanol–water partition coefficient (Wildman–Crippen LogP) is 0.693. The van der Waals surface area contributed by atoms with Crippen LogP contribution in [0, 0.1) is 5.82 Å². The smallest absolute Gasteiger partial charge is 0.242 e. The van der Waals surface area contributed by atoms with Crippen LogP contribution in [-0.2, 0) is 20.8 Å². The number of rotatable bonds is 5. The van der Waals surface area contributed by atoms with Crippen LogP contribution in [0.3, 0.4) is 0 Å². The first-order valence-corrected chi connectivity index (χ1v) is 7.97. The Morgan fingerprint density at radius 1 is 1.21 bits per heavy atom. The van der Waals surface area contributed by atoms with Crippen LogP contribution in [0.4, 0.5) is 4.39 Å². The van der Waals surface area contributed by atoms with Gasteiger partial charge in [-0.1, -0.05) is 12.1 Å². The average Bonchev–Trinajstić information content (AvgIpc) is 2.55. The zero-order valence-electron chi connectivity index (χ0n) is 13.7. The van der Waals surface area contributed by atoms with Gasteiger partial charge in [0.15, 0.2) is 0 Å². The highest BCUT2D eigenvalue weighted by Gasteiger charge is 2.34. The van der Waals surface area contributed by atoms with E-state index in [1.807, 2.05) is 0 Å². The molecule has 1 heterocycles. The van der Waals surface area contributed by atoms with Gasteiger partial charge in [0.05, 0.1) is 6.54 Å². The van der Waals surface area contributed by atoms with Gasteiger partial charge >= 0.3 is 0 Å². The Bertz CT molecular complexity index is 618. The van der Waals surface area contributed by atoms with Crippen molar-refractivity contribution < 1.29 is 18.8 Å². The lowest BCUT2D eigenvalue weighted by atomic mass is 10.1. The second kappa shape index (κ2) is 7.90. The number of nitrogens with zero attached hydrogens (tertiary/aromatic N) is 2. The van der Waals surface area contributed by atoms with Gasteiger partial charge in [0.1, 0.15) is 11.9 Å². The number of carbonyl (C=O) groups excluding carboxylic acids is 3. The molecule has 3 amide bonds. The number of hydrogen-bond acceptors (Lipinski definition) is 3. The highest BCUT2D eigenvalue weighted by atomic mass is 19.1. The normalized spacial score (nSPS) is 17.7. The fourth-order valence-corrected chi connectivity index (χ4v) is 2.88. The van der Waals surface area contributed by atoms with E-state index in [0.29, 0.717) is 32.4 Å². The lowest BCUT2D eigenvalue weighted by Gasteiger charge is -2.39. The Hall–Kier alpha value is -2.44. The first-order chi connectivity index (χ1) is 11.4. The standard InChI is InChI=1S/C17H22FN3O3/c1-12(22)21-10-9-20(11-15(21)17(19)24)16(23)4-2-3-13-5-7-14(18)8-6-13/h5-8,15H,2-4,9-11H2,1H3,(H2,19,24). The SMILES string of the molecule is CC(=O)N1CCN(C(=O)CCCc2ccc(F)cc2)CC1C(N)=O. The molecule has 0 saturated carbocycles. The van der Waals surface area contributed by atoms with Gasteiger partial charge in [0.25, 0.3) is 0 Å². The number of primary amides is 1. The largest absolute Gasteiger partial charge is 0.368 e. The second-order valence-corrected chi connectivity index (χ2v) is 5.95. The number of aryl methyl sites for hydroxylation is 1.